The molecule has 8 nitrogen and oxygen atoms in total. The average molecular weight is 410 g/mol. The molecule has 1 aromatic heterocycles. The maximum Gasteiger partial charge on any atom is 0.408 e. The Morgan fingerprint density at radius 1 is 1.30 bits per heavy atom. The number of ether oxygens (including phenoxy) is 1. The Morgan fingerprint density at radius 2 is 2.00 bits per heavy atom. The molecule has 0 aliphatic rings. The Balaban J connectivity index is 2.12. The number of nitrogens with one attached hydrogen (secondary N) is 1. The molecular weight excluding hydrogens is 384 g/mol. The van der Waals surface area contributed by atoms with E-state index < -0.39 is 23.6 Å². The van der Waals surface area contributed by atoms with E-state index in [1.807, 2.05) is 6.92 Å². The van der Waals surface area contributed by atoms with E-state index in [0.717, 1.165) is 10.5 Å². The number of carbonyl (C=O) groups is 2. The van der Waals surface area contributed by atoms with E-state index in [1.165, 1.54) is 6.20 Å². The second kappa shape index (κ2) is 9.27. The van der Waals surface area contributed by atoms with Gasteiger partial charge in [-0.2, -0.15) is 5.26 Å². The third-order valence-electron chi connectivity index (χ3n) is 4.45. The van der Waals surface area contributed by atoms with Gasteiger partial charge in [-0.3, -0.25) is 9.69 Å². The zero-order valence-electron chi connectivity index (χ0n) is 17.8. The zero-order chi connectivity index (χ0) is 22.5. The monoisotopic (exact) mass is 410 g/mol. The van der Waals surface area contributed by atoms with E-state index in [1.54, 1.807) is 58.0 Å². The Labute approximate surface area is 176 Å². The van der Waals surface area contributed by atoms with E-state index in [0.29, 0.717) is 29.3 Å². The number of anilines is 1. The van der Waals surface area contributed by atoms with Crippen molar-refractivity contribution in [3.05, 3.63) is 47.7 Å². The third-order valence-corrected chi connectivity index (χ3v) is 4.45. The second-order valence-electron chi connectivity index (χ2n) is 7.82. The van der Waals surface area contributed by atoms with Crippen molar-refractivity contribution in [2.45, 2.75) is 52.6 Å². The number of benzene rings is 1. The molecule has 1 aromatic carbocycles. The highest BCUT2D eigenvalue weighted by Crippen LogP contribution is 2.25. The summed E-state index contributed by atoms with van der Waals surface area (Å²) in [7, 11) is 0. The largest absolute Gasteiger partial charge is 0.465 e. The van der Waals surface area contributed by atoms with Gasteiger partial charge >= 0.3 is 6.09 Å². The first-order chi connectivity index (χ1) is 14.1. The molecule has 1 heterocycles. The Kier molecular flexibility index (Phi) is 7.01. The average Bonchev–Trinajstić information content (AvgIpc) is 2.67. The summed E-state index contributed by atoms with van der Waals surface area (Å²) in [6, 6.07) is 9.55. The standard InChI is InChI=1S/C22H26N4O4/c1-6-17(26(21(28)29)22(3,4)5)20(27)25-16-8-10-19(24-13-16)30-18-9-7-15(12-23)11-14(18)2/h7-11,13,17H,6H2,1-5H3,(H,25,27)(H,28,29)/t17-/m1/s1. The molecule has 158 valence electrons. The number of nitriles is 1. The van der Waals surface area contributed by atoms with Crippen LogP contribution in [0, 0.1) is 18.3 Å². The van der Waals surface area contributed by atoms with Gasteiger partial charge in [0.1, 0.15) is 11.8 Å². The normalized spacial score (nSPS) is 11.9. The molecule has 0 saturated carbocycles. The highest BCUT2D eigenvalue weighted by atomic mass is 16.5. The van der Waals surface area contributed by atoms with E-state index >= 15 is 0 Å². The summed E-state index contributed by atoms with van der Waals surface area (Å²) >= 11 is 0. The highest BCUT2D eigenvalue weighted by Gasteiger charge is 2.36. The van der Waals surface area contributed by atoms with Gasteiger partial charge in [0.05, 0.1) is 23.5 Å². The first kappa shape index (κ1) is 22.7. The molecule has 0 unspecified atom stereocenters. The number of nitrogens with zero attached hydrogens (tertiary/aromatic N) is 3. The van der Waals surface area contributed by atoms with Crippen molar-refractivity contribution in [3.8, 4) is 17.7 Å². The molecule has 2 N–H and O–H groups in total. The number of hydrogen-bond donors (Lipinski definition) is 2. The van der Waals surface area contributed by atoms with Gasteiger partial charge in [0.25, 0.3) is 0 Å². The minimum absolute atomic E-state index is 0.328. The van der Waals surface area contributed by atoms with Gasteiger partial charge in [0.15, 0.2) is 0 Å². The van der Waals surface area contributed by atoms with E-state index in [2.05, 4.69) is 16.4 Å². The van der Waals surface area contributed by atoms with Gasteiger partial charge in [-0.25, -0.2) is 9.78 Å². The second-order valence-corrected chi connectivity index (χ2v) is 7.82. The number of aromatic nitrogens is 1. The number of rotatable bonds is 6. The molecule has 0 saturated heterocycles. The summed E-state index contributed by atoms with van der Waals surface area (Å²) in [6.45, 7) is 8.84. The van der Waals surface area contributed by atoms with Crippen LogP contribution >= 0.6 is 0 Å². The van der Waals surface area contributed by atoms with Crippen molar-refractivity contribution in [1.82, 2.24) is 9.88 Å². The SMILES string of the molecule is CC[C@H](C(=O)Nc1ccc(Oc2ccc(C#N)cc2C)nc1)N(C(=O)O)C(C)(C)C. The van der Waals surface area contributed by atoms with Crippen LogP contribution in [0.4, 0.5) is 10.5 Å². The van der Waals surface area contributed by atoms with Crippen molar-refractivity contribution in [1.29, 1.82) is 5.26 Å². The van der Waals surface area contributed by atoms with Gasteiger partial charge in [0, 0.05) is 11.6 Å². The Morgan fingerprint density at radius 3 is 2.47 bits per heavy atom. The van der Waals surface area contributed by atoms with E-state index in [9.17, 15) is 14.7 Å². The molecule has 2 rings (SSSR count). The fourth-order valence-electron chi connectivity index (χ4n) is 3.06. The molecule has 30 heavy (non-hydrogen) atoms. The number of carboxylic acid groups (broad SMARTS) is 1. The van der Waals surface area contributed by atoms with Crippen LogP contribution in [-0.4, -0.2) is 38.6 Å². The van der Waals surface area contributed by atoms with Gasteiger partial charge < -0.3 is 15.2 Å². The van der Waals surface area contributed by atoms with Crippen molar-refractivity contribution in [2.75, 3.05) is 5.32 Å². The highest BCUT2D eigenvalue weighted by molar-refractivity contribution is 5.96. The first-order valence-corrected chi connectivity index (χ1v) is 9.54. The zero-order valence-corrected chi connectivity index (χ0v) is 17.8. The molecule has 0 aliphatic heterocycles. The van der Waals surface area contributed by atoms with Crippen LogP contribution in [0.3, 0.4) is 0 Å². The van der Waals surface area contributed by atoms with E-state index in [4.69, 9.17) is 10.00 Å². The van der Waals surface area contributed by atoms with Gasteiger partial charge in [-0.1, -0.05) is 6.92 Å². The molecule has 0 spiro atoms. The lowest BCUT2D eigenvalue weighted by Gasteiger charge is -2.38. The van der Waals surface area contributed by atoms with Crippen LogP contribution in [0.15, 0.2) is 36.5 Å². The lowest BCUT2D eigenvalue weighted by atomic mass is 10.0. The maximum atomic E-state index is 12.7. The molecule has 0 bridgehead atoms. The van der Waals surface area contributed by atoms with Crippen molar-refractivity contribution < 1.29 is 19.4 Å². The molecule has 2 amide bonds. The smallest absolute Gasteiger partial charge is 0.408 e. The van der Waals surface area contributed by atoms with Crippen LogP contribution in [0.2, 0.25) is 0 Å². The van der Waals surface area contributed by atoms with Crippen LogP contribution < -0.4 is 10.1 Å². The Bertz CT molecular complexity index is 959. The molecule has 0 aliphatic carbocycles. The van der Waals surface area contributed by atoms with Crippen LogP contribution in [0.25, 0.3) is 0 Å². The number of hydrogen-bond acceptors (Lipinski definition) is 5. The topological polar surface area (TPSA) is 116 Å². The predicted molar refractivity (Wildman–Crippen MR) is 113 cm³/mol. The first-order valence-electron chi connectivity index (χ1n) is 9.54. The van der Waals surface area contributed by atoms with Gasteiger partial charge in [-0.15, -0.1) is 0 Å². The fourth-order valence-corrected chi connectivity index (χ4v) is 3.06. The molecular formula is C22H26N4O4. The minimum atomic E-state index is -1.15. The van der Waals surface area contributed by atoms with Crippen LogP contribution in [-0.2, 0) is 4.79 Å². The van der Waals surface area contributed by atoms with Gasteiger partial charge in [0.2, 0.25) is 11.8 Å². The summed E-state index contributed by atoms with van der Waals surface area (Å²) < 4.78 is 5.73. The third kappa shape index (κ3) is 5.47. The maximum absolute atomic E-state index is 12.7. The van der Waals surface area contributed by atoms with Crippen molar-refractivity contribution in [2.24, 2.45) is 0 Å². The minimum Gasteiger partial charge on any atom is -0.465 e. The van der Waals surface area contributed by atoms with Crippen molar-refractivity contribution >= 4 is 17.7 Å². The number of carbonyl (C=O) groups excluding carboxylic acids is 1. The lowest BCUT2D eigenvalue weighted by molar-refractivity contribution is -0.122. The summed E-state index contributed by atoms with van der Waals surface area (Å²) in [5, 5.41) is 21.2. The predicted octanol–water partition coefficient (Wildman–Crippen LogP) is 4.55. The number of pyridine rings is 1. The quantitative estimate of drug-likeness (QED) is 0.722. The number of amides is 2. The molecule has 2 aromatic rings. The molecule has 0 radical (unpaired) electrons. The molecule has 1 atom stereocenters. The fraction of sp³-hybridized carbons (Fsp3) is 0.364. The molecule has 8 heteroatoms. The number of aryl methyl sites for hydroxylation is 1. The summed E-state index contributed by atoms with van der Waals surface area (Å²) in [5.41, 5.74) is 1.05. The Hall–Kier alpha value is -3.60. The lowest BCUT2D eigenvalue weighted by Crippen LogP contribution is -2.55. The summed E-state index contributed by atoms with van der Waals surface area (Å²) in [4.78, 5) is 29.8. The summed E-state index contributed by atoms with van der Waals surface area (Å²) in [6.07, 6.45) is 0.632. The summed E-state index contributed by atoms with van der Waals surface area (Å²) in [5.74, 6) is 0.481. The van der Waals surface area contributed by atoms with E-state index in [-0.39, 0.29) is 0 Å². The van der Waals surface area contributed by atoms with Crippen LogP contribution in [0.1, 0.15) is 45.2 Å². The van der Waals surface area contributed by atoms with Crippen LogP contribution in [0.5, 0.6) is 11.6 Å². The molecule has 0 fully saturated rings. The van der Waals surface area contributed by atoms with Gasteiger partial charge in [-0.05, 0) is 63.9 Å². The van der Waals surface area contributed by atoms with Crippen molar-refractivity contribution in [3.63, 3.8) is 0 Å².